The Bertz CT molecular complexity index is 988. The normalized spacial score (nSPS) is 21.6. The van der Waals surface area contributed by atoms with Crippen LogP contribution in [-0.2, 0) is 22.4 Å². The number of piperazine rings is 1. The average molecular weight is 442 g/mol. The number of ether oxygens (including phenoxy) is 1. The van der Waals surface area contributed by atoms with Crippen molar-refractivity contribution in [1.82, 2.24) is 14.8 Å². The summed E-state index contributed by atoms with van der Waals surface area (Å²) in [5.41, 5.74) is 3.98. The second-order valence-corrected chi connectivity index (χ2v) is 9.60. The van der Waals surface area contributed by atoms with Gasteiger partial charge in [-0.3, -0.25) is 14.8 Å². The molecule has 0 radical (unpaired) electrons. The van der Waals surface area contributed by atoms with Crippen LogP contribution in [0.15, 0.2) is 36.5 Å². The molecule has 1 aliphatic carbocycles. The van der Waals surface area contributed by atoms with Gasteiger partial charge in [0.15, 0.2) is 0 Å². The van der Waals surface area contributed by atoms with Crippen LogP contribution in [0.3, 0.4) is 0 Å². The summed E-state index contributed by atoms with van der Waals surface area (Å²) in [6.07, 6.45) is 3.99. The van der Waals surface area contributed by atoms with Gasteiger partial charge in [0.1, 0.15) is 17.9 Å². The number of aromatic nitrogens is 1. The summed E-state index contributed by atoms with van der Waals surface area (Å²) in [6, 6.07) is 9.44. The van der Waals surface area contributed by atoms with Crippen LogP contribution in [0, 0.1) is 0 Å². The highest BCUT2D eigenvalue weighted by molar-refractivity contribution is 6.30. The molecule has 1 aromatic heterocycles. The number of carbonyl (C=O) groups is 2. The van der Waals surface area contributed by atoms with E-state index in [2.05, 4.69) is 17.0 Å². The standard InChI is InChI=1S/C24H28ClN3O3/c1-24(2,3)31-23(30)28-12-11-27(14-19(28)15-29)22-20-9-8-18(25)13-17(20)7-6-16-5-4-10-26-21(16)22/h4-5,8-10,13,15,19,22H,6-7,11-12,14H2,1-3H3. The largest absolute Gasteiger partial charge is 0.444 e. The van der Waals surface area contributed by atoms with Crippen LogP contribution < -0.4 is 0 Å². The van der Waals surface area contributed by atoms with E-state index >= 15 is 0 Å². The first-order valence-electron chi connectivity index (χ1n) is 10.7. The molecule has 1 saturated heterocycles. The molecule has 2 atom stereocenters. The molecule has 4 rings (SSSR count). The first-order valence-corrected chi connectivity index (χ1v) is 11.1. The van der Waals surface area contributed by atoms with E-state index in [1.165, 1.54) is 16.0 Å². The van der Waals surface area contributed by atoms with E-state index in [1.807, 2.05) is 45.2 Å². The maximum absolute atomic E-state index is 12.7. The van der Waals surface area contributed by atoms with Crippen LogP contribution in [0.4, 0.5) is 4.79 Å². The summed E-state index contributed by atoms with van der Waals surface area (Å²) in [7, 11) is 0. The van der Waals surface area contributed by atoms with Crippen LogP contribution >= 0.6 is 11.6 Å². The van der Waals surface area contributed by atoms with Crippen molar-refractivity contribution in [1.29, 1.82) is 0 Å². The summed E-state index contributed by atoms with van der Waals surface area (Å²) in [5, 5.41) is 0.719. The number of nitrogens with zero attached hydrogens (tertiary/aromatic N) is 3. The molecule has 7 heteroatoms. The van der Waals surface area contributed by atoms with Crippen molar-refractivity contribution in [3.8, 4) is 0 Å². The van der Waals surface area contributed by atoms with E-state index in [4.69, 9.17) is 21.3 Å². The van der Waals surface area contributed by atoms with E-state index in [1.54, 1.807) is 0 Å². The van der Waals surface area contributed by atoms with Crippen molar-refractivity contribution in [3.05, 3.63) is 63.9 Å². The molecule has 0 saturated carbocycles. The Morgan fingerprint density at radius 1 is 1.19 bits per heavy atom. The number of aryl methyl sites for hydroxylation is 2. The molecule has 1 aromatic carbocycles. The zero-order chi connectivity index (χ0) is 22.2. The van der Waals surface area contributed by atoms with Crippen molar-refractivity contribution in [2.24, 2.45) is 0 Å². The molecule has 6 nitrogen and oxygen atoms in total. The zero-order valence-electron chi connectivity index (χ0n) is 18.2. The minimum absolute atomic E-state index is 0.0887. The van der Waals surface area contributed by atoms with Gasteiger partial charge in [0, 0.05) is 30.9 Å². The average Bonchev–Trinajstić information content (AvgIpc) is 2.88. The molecular weight excluding hydrogens is 414 g/mol. The highest BCUT2D eigenvalue weighted by Crippen LogP contribution is 2.37. The van der Waals surface area contributed by atoms with Gasteiger partial charge in [0.25, 0.3) is 0 Å². The third-order valence-corrected chi connectivity index (χ3v) is 6.08. The fourth-order valence-corrected chi connectivity index (χ4v) is 4.68. The SMILES string of the molecule is CC(C)(C)OC(=O)N1CCN(C2c3ccc(Cl)cc3CCc3cccnc32)CC1C=O. The minimum Gasteiger partial charge on any atom is -0.444 e. The number of benzene rings is 1. The monoisotopic (exact) mass is 441 g/mol. The van der Waals surface area contributed by atoms with E-state index in [9.17, 15) is 9.59 Å². The summed E-state index contributed by atoms with van der Waals surface area (Å²) in [6.45, 7) is 6.94. The smallest absolute Gasteiger partial charge is 0.410 e. The Balaban J connectivity index is 1.67. The summed E-state index contributed by atoms with van der Waals surface area (Å²) >= 11 is 6.29. The Morgan fingerprint density at radius 2 is 1.97 bits per heavy atom. The molecule has 2 aromatic rings. The zero-order valence-corrected chi connectivity index (χ0v) is 18.9. The summed E-state index contributed by atoms with van der Waals surface area (Å²) in [5.74, 6) is 0. The molecule has 0 N–H and O–H groups in total. The van der Waals surface area contributed by atoms with Crippen LogP contribution in [0.2, 0.25) is 5.02 Å². The minimum atomic E-state index is -0.607. The Morgan fingerprint density at radius 3 is 2.71 bits per heavy atom. The molecule has 1 aliphatic heterocycles. The van der Waals surface area contributed by atoms with Gasteiger partial charge in [-0.05, 0) is 68.5 Å². The molecule has 0 bridgehead atoms. The van der Waals surface area contributed by atoms with Gasteiger partial charge in [0.05, 0.1) is 11.7 Å². The van der Waals surface area contributed by atoms with Crippen molar-refractivity contribution in [3.63, 3.8) is 0 Å². The first-order chi connectivity index (χ1) is 14.8. The molecule has 31 heavy (non-hydrogen) atoms. The number of rotatable bonds is 2. The summed E-state index contributed by atoms with van der Waals surface area (Å²) in [4.78, 5) is 33.1. The van der Waals surface area contributed by atoms with Crippen LogP contribution in [0.5, 0.6) is 0 Å². The van der Waals surface area contributed by atoms with E-state index in [0.717, 1.165) is 35.4 Å². The molecule has 1 amide bonds. The van der Waals surface area contributed by atoms with Crippen molar-refractivity contribution >= 4 is 24.0 Å². The number of amides is 1. The second-order valence-electron chi connectivity index (χ2n) is 9.17. The number of halogens is 1. The highest BCUT2D eigenvalue weighted by atomic mass is 35.5. The maximum atomic E-state index is 12.7. The lowest BCUT2D eigenvalue weighted by Crippen LogP contribution is -2.57. The third-order valence-electron chi connectivity index (χ3n) is 5.85. The van der Waals surface area contributed by atoms with Gasteiger partial charge >= 0.3 is 6.09 Å². The molecule has 2 aliphatic rings. The van der Waals surface area contributed by atoms with Gasteiger partial charge in [-0.2, -0.15) is 0 Å². The van der Waals surface area contributed by atoms with Crippen LogP contribution in [-0.4, -0.2) is 58.4 Å². The highest BCUT2D eigenvalue weighted by Gasteiger charge is 2.38. The molecule has 0 spiro atoms. The van der Waals surface area contributed by atoms with Crippen molar-refractivity contribution < 1.29 is 14.3 Å². The Labute approximate surface area is 188 Å². The second kappa shape index (κ2) is 8.60. The third kappa shape index (κ3) is 4.60. The van der Waals surface area contributed by atoms with Crippen LogP contribution in [0.1, 0.15) is 49.2 Å². The fraction of sp³-hybridized carbons (Fsp3) is 0.458. The Kier molecular flexibility index (Phi) is 6.04. The van der Waals surface area contributed by atoms with Crippen molar-refractivity contribution in [2.75, 3.05) is 19.6 Å². The van der Waals surface area contributed by atoms with Gasteiger partial charge in [-0.25, -0.2) is 4.79 Å². The number of aldehydes is 1. The number of hydrogen-bond donors (Lipinski definition) is 0. The van der Waals surface area contributed by atoms with E-state index < -0.39 is 17.7 Å². The number of carbonyl (C=O) groups excluding carboxylic acids is 2. The topological polar surface area (TPSA) is 62.7 Å². The predicted molar refractivity (Wildman–Crippen MR) is 119 cm³/mol. The molecular formula is C24H28ClN3O3. The lowest BCUT2D eigenvalue weighted by molar-refractivity contribution is -0.115. The lowest BCUT2D eigenvalue weighted by atomic mass is 9.95. The number of hydrogen-bond acceptors (Lipinski definition) is 5. The van der Waals surface area contributed by atoms with E-state index in [-0.39, 0.29) is 6.04 Å². The van der Waals surface area contributed by atoms with Crippen LogP contribution in [0.25, 0.3) is 0 Å². The Hall–Kier alpha value is -2.44. The molecule has 2 heterocycles. The molecule has 164 valence electrons. The predicted octanol–water partition coefficient (Wildman–Crippen LogP) is 4.04. The fourth-order valence-electron chi connectivity index (χ4n) is 4.48. The first kappa shape index (κ1) is 21.8. The van der Waals surface area contributed by atoms with Gasteiger partial charge in [0.2, 0.25) is 0 Å². The van der Waals surface area contributed by atoms with Gasteiger partial charge < -0.3 is 9.53 Å². The summed E-state index contributed by atoms with van der Waals surface area (Å²) < 4.78 is 5.52. The number of fused-ring (bicyclic) bond motifs is 2. The molecule has 2 unspecified atom stereocenters. The van der Waals surface area contributed by atoms with Crippen molar-refractivity contribution in [2.45, 2.75) is 51.3 Å². The maximum Gasteiger partial charge on any atom is 0.410 e. The number of pyridine rings is 1. The van der Waals surface area contributed by atoms with E-state index in [0.29, 0.717) is 19.6 Å². The molecule has 1 fully saturated rings. The van der Waals surface area contributed by atoms with Gasteiger partial charge in [-0.1, -0.05) is 23.7 Å². The quantitative estimate of drug-likeness (QED) is 0.658. The lowest BCUT2D eigenvalue weighted by Gasteiger charge is -2.42. The van der Waals surface area contributed by atoms with Gasteiger partial charge in [-0.15, -0.1) is 0 Å².